The highest BCUT2D eigenvalue weighted by Gasteiger charge is 2.38. The number of nitrogens with zero attached hydrogens (tertiary/aromatic N) is 3. The van der Waals surface area contributed by atoms with Crippen molar-refractivity contribution in [2.24, 2.45) is 0 Å². The van der Waals surface area contributed by atoms with Gasteiger partial charge < -0.3 is 9.64 Å². The van der Waals surface area contributed by atoms with Gasteiger partial charge in [-0.05, 0) is 77.4 Å². The van der Waals surface area contributed by atoms with Gasteiger partial charge in [-0.3, -0.25) is 0 Å². The van der Waals surface area contributed by atoms with Crippen molar-refractivity contribution in [3.8, 4) is 33.8 Å². The number of hydrogen-bond donors (Lipinski definition) is 0. The van der Waals surface area contributed by atoms with Crippen LogP contribution in [0.3, 0.4) is 0 Å². The number of rotatable bonds is 5. The molecule has 194 valence electrons. The molecule has 1 atom stereocenters. The van der Waals surface area contributed by atoms with Gasteiger partial charge in [0.2, 0.25) is 0 Å². The fraction of sp³-hybridized carbons (Fsp3) is 0.0571. The van der Waals surface area contributed by atoms with E-state index in [-0.39, 0.29) is 11.9 Å². The Kier molecular flexibility index (Phi) is 5.90. The average molecular weight is 524 g/mol. The maximum absolute atomic E-state index is 14.0. The Hall–Kier alpha value is -5.16. The Labute approximate surface area is 232 Å². The summed E-state index contributed by atoms with van der Waals surface area (Å²) in [5.74, 6) is 1.50. The van der Waals surface area contributed by atoms with E-state index in [1.165, 1.54) is 17.7 Å². The van der Waals surface area contributed by atoms with Crippen LogP contribution in [-0.2, 0) is 0 Å². The van der Waals surface area contributed by atoms with Crippen LogP contribution in [0.5, 0.6) is 5.75 Å². The van der Waals surface area contributed by atoms with E-state index in [4.69, 9.17) is 9.84 Å². The Morgan fingerprint density at radius 2 is 1.30 bits per heavy atom. The molecule has 0 saturated heterocycles. The van der Waals surface area contributed by atoms with Crippen LogP contribution in [0.2, 0.25) is 0 Å². The van der Waals surface area contributed by atoms with Gasteiger partial charge in [0.05, 0.1) is 24.4 Å². The summed E-state index contributed by atoms with van der Waals surface area (Å²) in [7, 11) is 1.68. The third kappa shape index (κ3) is 3.95. The van der Waals surface area contributed by atoms with E-state index in [2.05, 4.69) is 77.7 Å². The summed E-state index contributed by atoms with van der Waals surface area (Å²) in [6, 6.07) is 43.8. The Morgan fingerprint density at radius 3 is 1.98 bits per heavy atom. The lowest BCUT2D eigenvalue weighted by atomic mass is 9.84. The van der Waals surface area contributed by atoms with E-state index in [1.54, 1.807) is 19.2 Å². The van der Waals surface area contributed by atoms with Crippen molar-refractivity contribution in [3.63, 3.8) is 0 Å². The zero-order chi connectivity index (χ0) is 27.1. The molecule has 0 fully saturated rings. The number of hydrogen-bond acceptors (Lipinski definition) is 3. The molecule has 0 amide bonds. The Morgan fingerprint density at radius 1 is 0.675 bits per heavy atom. The first kappa shape index (κ1) is 23.9. The summed E-state index contributed by atoms with van der Waals surface area (Å²) < 4.78 is 21.5. The van der Waals surface area contributed by atoms with Gasteiger partial charge in [0, 0.05) is 11.3 Å². The van der Waals surface area contributed by atoms with E-state index < -0.39 is 0 Å². The molecular weight excluding hydrogens is 497 g/mol. The van der Waals surface area contributed by atoms with Crippen molar-refractivity contribution in [2.75, 3.05) is 12.0 Å². The van der Waals surface area contributed by atoms with Crippen LogP contribution in [0.4, 0.5) is 15.9 Å². The number of aromatic nitrogens is 2. The lowest BCUT2D eigenvalue weighted by molar-refractivity contribution is 0.414. The fourth-order valence-corrected chi connectivity index (χ4v) is 5.64. The second-order valence-electron chi connectivity index (χ2n) is 9.77. The van der Waals surface area contributed by atoms with Gasteiger partial charge >= 0.3 is 0 Å². The number of methoxy groups -OCH3 is 1. The van der Waals surface area contributed by atoms with Gasteiger partial charge in [-0.2, -0.15) is 5.10 Å². The molecule has 4 nitrogen and oxygen atoms in total. The lowest BCUT2D eigenvalue weighted by Gasteiger charge is -2.39. The quantitative estimate of drug-likeness (QED) is 0.227. The zero-order valence-electron chi connectivity index (χ0n) is 21.9. The topological polar surface area (TPSA) is 30.3 Å². The van der Waals surface area contributed by atoms with E-state index >= 15 is 0 Å². The summed E-state index contributed by atoms with van der Waals surface area (Å²) >= 11 is 0. The van der Waals surface area contributed by atoms with Crippen molar-refractivity contribution >= 4 is 11.5 Å². The third-order valence-electron chi connectivity index (χ3n) is 7.46. The number of fused-ring (bicyclic) bond motifs is 3. The van der Waals surface area contributed by atoms with Gasteiger partial charge in [0.1, 0.15) is 23.1 Å². The summed E-state index contributed by atoms with van der Waals surface area (Å²) in [5, 5.41) is 5.22. The number of ether oxygens (including phenoxy) is 1. The minimum atomic E-state index is -0.272. The van der Waals surface area contributed by atoms with Crippen LogP contribution in [-0.4, -0.2) is 16.9 Å². The predicted molar refractivity (Wildman–Crippen MR) is 158 cm³/mol. The van der Waals surface area contributed by atoms with Crippen molar-refractivity contribution in [3.05, 3.63) is 150 Å². The highest BCUT2D eigenvalue weighted by Crippen LogP contribution is 2.54. The van der Waals surface area contributed by atoms with Crippen LogP contribution >= 0.6 is 0 Å². The van der Waals surface area contributed by atoms with Crippen LogP contribution in [0.15, 0.2) is 133 Å². The molecule has 6 aromatic rings. The van der Waals surface area contributed by atoms with Gasteiger partial charge in [0.25, 0.3) is 0 Å². The molecule has 5 aromatic carbocycles. The number of anilines is 2. The molecular formula is C35H26FN3O. The molecule has 0 aliphatic carbocycles. The average Bonchev–Trinajstić information content (AvgIpc) is 3.42. The predicted octanol–water partition coefficient (Wildman–Crippen LogP) is 8.60. The number of halogens is 1. The molecule has 2 heterocycles. The summed E-state index contributed by atoms with van der Waals surface area (Å²) in [6.07, 6.45) is 0. The largest absolute Gasteiger partial charge is 0.497 e. The molecule has 0 spiro atoms. The SMILES string of the molecule is COc1ccc(C2c3ccccc3-c3c(-c4ccc(F)cc4)nn(-c4ccccc4)c3N2c2ccccc2)cc1. The highest BCUT2D eigenvalue weighted by atomic mass is 19.1. The number of para-hydroxylation sites is 2. The molecule has 1 unspecified atom stereocenters. The monoisotopic (exact) mass is 523 g/mol. The minimum Gasteiger partial charge on any atom is -0.497 e. The van der Waals surface area contributed by atoms with Crippen molar-refractivity contribution in [1.82, 2.24) is 9.78 Å². The molecule has 7 rings (SSSR count). The van der Waals surface area contributed by atoms with Gasteiger partial charge in [-0.1, -0.05) is 72.8 Å². The first-order valence-corrected chi connectivity index (χ1v) is 13.2. The van der Waals surface area contributed by atoms with Crippen molar-refractivity contribution < 1.29 is 9.13 Å². The molecule has 40 heavy (non-hydrogen) atoms. The van der Waals surface area contributed by atoms with Crippen molar-refractivity contribution in [1.29, 1.82) is 0 Å². The Bertz CT molecular complexity index is 1780. The van der Waals surface area contributed by atoms with Gasteiger partial charge in [-0.25, -0.2) is 9.07 Å². The molecule has 1 aliphatic heterocycles. The smallest absolute Gasteiger partial charge is 0.146 e. The first-order chi connectivity index (χ1) is 19.7. The zero-order valence-corrected chi connectivity index (χ0v) is 21.9. The van der Waals surface area contributed by atoms with Gasteiger partial charge in [0.15, 0.2) is 0 Å². The van der Waals surface area contributed by atoms with Gasteiger partial charge in [-0.15, -0.1) is 0 Å². The summed E-state index contributed by atoms with van der Waals surface area (Å²) in [4.78, 5) is 2.37. The van der Waals surface area contributed by atoms with Crippen LogP contribution in [0.1, 0.15) is 17.2 Å². The van der Waals surface area contributed by atoms with Crippen LogP contribution in [0.25, 0.3) is 28.1 Å². The minimum absolute atomic E-state index is 0.128. The van der Waals surface area contributed by atoms with E-state index in [0.717, 1.165) is 50.9 Å². The highest BCUT2D eigenvalue weighted by molar-refractivity contribution is 5.96. The summed E-state index contributed by atoms with van der Waals surface area (Å²) in [5.41, 5.74) is 8.07. The molecule has 1 aliphatic rings. The normalized spacial score (nSPS) is 13.9. The number of benzene rings is 5. The lowest BCUT2D eigenvalue weighted by Crippen LogP contribution is -2.30. The molecule has 0 N–H and O–H groups in total. The van der Waals surface area contributed by atoms with E-state index in [1.807, 2.05) is 41.1 Å². The molecule has 5 heteroatoms. The molecule has 1 aromatic heterocycles. The Balaban J connectivity index is 1.59. The van der Waals surface area contributed by atoms with E-state index in [0.29, 0.717) is 0 Å². The maximum atomic E-state index is 14.0. The maximum Gasteiger partial charge on any atom is 0.146 e. The third-order valence-corrected chi connectivity index (χ3v) is 7.46. The molecule has 0 saturated carbocycles. The summed E-state index contributed by atoms with van der Waals surface area (Å²) in [6.45, 7) is 0. The van der Waals surface area contributed by atoms with Crippen molar-refractivity contribution in [2.45, 2.75) is 6.04 Å². The molecule has 0 bridgehead atoms. The fourth-order valence-electron chi connectivity index (χ4n) is 5.64. The second-order valence-corrected chi connectivity index (χ2v) is 9.77. The van der Waals surface area contributed by atoms with Crippen LogP contribution in [0, 0.1) is 5.82 Å². The molecule has 0 radical (unpaired) electrons. The first-order valence-electron chi connectivity index (χ1n) is 13.2. The standard InChI is InChI=1S/C35H26FN3O/c1-40-29-22-18-25(19-23-29)34-31-15-9-8-14-30(31)32-33(24-16-20-26(36)21-17-24)37-39(28-12-6-3-7-13-28)35(32)38(34)27-10-4-2-5-11-27/h2-23,34H,1H3. The van der Waals surface area contributed by atoms with Crippen LogP contribution < -0.4 is 9.64 Å². The second kappa shape index (κ2) is 9.86. The van der Waals surface area contributed by atoms with E-state index in [9.17, 15) is 4.39 Å².